The second-order valence-electron chi connectivity index (χ2n) is 11.9. The molecule has 4 heterocycles. The lowest BCUT2D eigenvalue weighted by molar-refractivity contribution is 0.0685. The molecule has 7 rings (SSSR count). The number of carboxylic acid groups (broad SMARTS) is 1. The number of rotatable bonds is 1. The molecule has 2 aromatic heterocycles. The fourth-order valence-corrected chi connectivity index (χ4v) is 10.1. The molecule has 0 unspecified atom stereocenters. The van der Waals surface area contributed by atoms with Crippen molar-refractivity contribution >= 4 is 74.5 Å². The number of thioether (sulfide) groups is 3. The van der Waals surface area contributed by atoms with Crippen LogP contribution in [0, 0.1) is 0 Å². The van der Waals surface area contributed by atoms with E-state index in [1.165, 1.54) is 10.6 Å². The second-order valence-corrected chi connectivity index (χ2v) is 15.7. The van der Waals surface area contributed by atoms with Crippen LogP contribution in [0.25, 0.3) is 32.8 Å². The summed E-state index contributed by atoms with van der Waals surface area (Å²) in [6, 6.07) is 16.5. The number of hydrogen-bond acceptors (Lipinski definition) is 7. The van der Waals surface area contributed by atoms with Crippen LogP contribution in [0.4, 0.5) is 0 Å². The van der Waals surface area contributed by atoms with Gasteiger partial charge in [-0.25, -0.2) is 4.79 Å². The molecule has 5 aromatic rings. The molecule has 0 radical (unpaired) electrons. The molecule has 0 fully saturated rings. The summed E-state index contributed by atoms with van der Waals surface area (Å²) in [7, 11) is 1.85. The van der Waals surface area contributed by atoms with Crippen LogP contribution in [0.1, 0.15) is 46.7 Å². The Morgan fingerprint density at radius 1 is 1.02 bits per heavy atom. The lowest BCUT2D eigenvalue weighted by Crippen LogP contribution is -2.09. The summed E-state index contributed by atoms with van der Waals surface area (Å²) in [4.78, 5) is 15.1. The maximum Gasteiger partial charge on any atom is 0.352 e. The van der Waals surface area contributed by atoms with Crippen LogP contribution in [-0.2, 0) is 32.2 Å². The summed E-state index contributed by atoms with van der Waals surface area (Å²) in [5, 5.41) is 19.3. The van der Waals surface area contributed by atoms with Crippen molar-refractivity contribution in [2.24, 2.45) is 12.8 Å². The summed E-state index contributed by atoms with van der Waals surface area (Å²) in [5.41, 5.74) is 12.2. The number of halogens is 1. The van der Waals surface area contributed by atoms with E-state index in [0.29, 0.717) is 30.2 Å². The van der Waals surface area contributed by atoms with E-state index in [2.05, 4.69) is 28.9 Å². The molecule has 47 heavy (non-hydrogen) atoms. The molecule has 2 aliphatic rings. The van der Waals surface area contributed by atoms with Gasteiger partial charge < -0.3 is 20.1 Å². The smallest absolute Gasteiger partial charge is 0.352 e. The third-order valence-electron chi connectivity index (χ3n) is 8.93. The summed E-state index contributed by atoms with van der Waals surface area (Å²) in [5.74, 6) is 3.46. The average Bonchev–Trinajstić information content (AvgIpc) is 3.74. The van der Waals surface area contributed by atoms with Gasteiger partial charge in [-0.2, -0.15) is 16.9 Å². The fourth-order valence-electron chi connectivity index (χ4n) is 6.85. The monoisotopic (exact) mass is 704 g/mol. The highest BCUT2D eigenvalue weighted by Crippen LogP contribution is 2.44. The van der Waals surface area contributed by atoms with Gasteiger partial charge in [-0.1, -0.05) is 41.9 Å². The van der Waals surface area contributed by atoms with E-state index in [4.69, 9.17) is 27.2 Å². The van der Waals surface area contributed by atoms with E-state index in [1.54, 1.807) is 18.0 Å². The zero-order valence-corrected chi connectivity index (χ0v) is 29.5. The van der Waals surface area contributed by atoms with Crippen molar-refractivity contribution in [3.05, 3.63) is 87.3 Å². The predicted octanol–water partition coefficient (Wildman–Crippen LogP) is 8.77. The molecule has 0 aliphatic carbocycles. The molecule has 3 aromatic carbocycles. The SMILES string of the molecule is Cn1c(C(=O)O)c2c3ccc(Cl)c(c31)-c1c(nn3c1CCC3)CSCCCS/C(=C\N)CSc1cc(c3ccccc3c1)OCCC2. The number of fused-ring (bicyclic) bond motifs is 8. The van der Waals surface area contributed by atoms with Gasteiger partial charge in [0.15, 0.2) is 0 Å². The standard InChI is InChI=1S/C36H37ClN4O3S3/c1-40-34-27-11-12-28(37)32(34)33-29(39-41-13-4-10-30(33)41)21-45-15-6-16-46-24(19-38)20-47-23-17-22-7-2-3-8-25(22)31(18-23)44-14-5-9-26(27)35(40)36(42)43/h2-3,7-8,11-12,17-19H,4-6,9-10,13-16,20-21,38H2,1H3,(H,42,43)/b24-19-. The summed E-state index contributed by atoms with van der Waals surface area (Å²) in [6.45, 7) is 1.34. The van der Waals surface area contributed by atoms with Crippen LogP contribution in [0.15, 0.2) is 64.5 Å². The molecule has 0 amide bonds. The highest BCUT2D eigenvalue weighted by atomic mass is 35.5. The Balaban J connectivity index is 1.30. The van der Waals surface area contributed by atoms with Gasteiger partial charge in [-0.15, -0.1) is 23.5 Å². The lowest BCUT2D eigenvalue weighted by Gasteiger charge is -2.13. The Morgan fingerprint density at radius 2 is 1.89 bits per heavy atom. The van der Waals surface area contributed by atoms with Gasteiger partial charge in [-0.3, -0.25) is 4.68 Å². The number of hydrogen-bond donors (Lipinski definition) is 2. The van der Waals surface area contributed by atoms with Gasteiger partial charge >= 0.3 is 5.97 Å². The molecule has 7 nitrogen and oxygen atoms in total. The molecule has 244 valence electrons. The van der Waals surface area contributed by atoms with Gasteiger partial charge in [0.25, 0.3) is 0 Å². The maximum absolute atomic E-state index is 12.8. The van der Waals surface area contributed by atoms with Gasteiger partial charge in [0.05, 0.1) is 22.8 Å². The van der Waals surface area contributed by atoms with E-state index < -0.39 is 5.97 Å². The summed E-state index contributed by atoms with van der Waals surface area (Å²) < 4.78 is 10.4. The van der Waals surface area contributed by atoms with Crippen LogP contribution in [0.5, 0.6) is 5.75 Å². The predicted molar refractivity (Wildman–Crippen MR) is 198 cm³/mol. The maximum atomic E-state index is 12.8. The molecule has 6 bridgehead atoms. The van der Waals surface area contributed by atoms with Crippen molar-refractivity contribution in [1.82, 2.24) is 14.3 Å². The van der Waals surface area contributed by atoms with Crippen molar-refractivity contribution in [2.75, 3.05) is 23.9 Å². The molecule has 2 aliphatic heterocycles. The first-order valence-corrected chi connectivity index (χ1v) is 19.5. The van der Waals surface area contributed by atoms with E-state index in [-0.39, 0.29) is 0 Å². The van der Waals surface area contributed by atoms with Crippen LogP contribution in [0.2, 0.25) is 5.02 Å². The number of carboxylic acids is 1. The number of aromatic carboxylic acids is 1. The first kappa shape index (κ1) is 32.4. The van der Waals surface area contributed by atoms with Crippen molar-refractivity contribution in [1.29, 1.82) is 0 Å². The Morgan fingerprint density at radius 3 is 2.74 bits per heavy atom. The largest absolute Gasteiger partial charge is 0.493 e. The fraction of sp³-hybridized carbons (Fsp3) is 0.333. The second kappa shape index (κ2) is 14.1. The molecule has 11 heteroatoms. The van der Waals surface area contributed by atoms with Gasteiger partial charge in [-0.05, 0) is 72.8 Å². The zero-order valence-electron chi connectivity index (χ0n) is 26.3. The Hall–Kier alpha value is -3.18. The average molecular weight is 705 g/mol. The molecular weight excluding hydrogens is 668 g/mol. The van der Waals surface area contributed by atoms with E-state index in [9.17, 15) is 9.90 Å². The number of nitrogens with two attached hydrogens (primary N) is 1. The van der Waals surface area contributed by atoms with E-state index in [1.807, 2.05) is 59.4 Å². The number of ether oxygens (including phenoxy) is 1. The topological polar surface area (TPSA) is 95.3 Å². The minimum Gasteiger partial charge on any atom is -0.493 e. The van der Waals surface area contributed by atoms with E-state index in [0.717, 1.165) is 104 Å². The van der Waals surface area contributed by atoms with Crippen LogP contribution >= 0.6 is 46.9 Å². The zero-order chi connectivity index (χ0) is 32.5. The Bertz CT molecular complexity index is 2020. The number of aromatic nitrogens is 3. The number of aryl methyl sites for hydroxylation is 3. The molecule has 0 saturated carbocycles. The minimum absolute atomic E-state index is 0.298. The van der Waals surface area contributed by atoms with Crippen molar-refractivity contribution < 1.29 is 14.6 Å². The quantitative estimate of drug-likeness (QED) is 0.179. The van der Waals surface area contributed by atoms with Crippen molar-refractivity contribution in [2.45, 2.75) is 49.3 Å². The van der Waals surface area contributed by atoms with E-state index >= 15 is 0 Å². The number of benzene rings is 3. The highest BCUT2D eigenvalue weighted by molar-refractivity contribution is 8.06. The minimum atomic E-state index is -0.942. The normalized spacial score (nSPS) is 17.3. The highest BCUT2D eigenvalue weighted by Gasteiger charge is 2.29. The molecule has 0 atom stereocenters. The van der Waals surface area contributed by atoms with Gasteiger partial charge in [0.2, 0.25) is 0 Å². The van der Waals surface area contributed by atoms with Gasteiger partial charge in [0.1, 0.15) is 11.4 Å². The molecular formula is C36H37ClN4O3S3. The Labute approximate surface area is 292 Å². The molecule has 0 spiro atoms. The van der Waals surface area contributed by atoms with Crippen LogP contribution in [0.3, 0.4) is 0 Å². The third kappa shape index (κ3) is 6.37. The van der Waals surface area contributed by atoms with Crippen molar-refractivity contribution in [3.63, 3.8) is 0 Å². The summed E-state index contributed by atoms with van der Waals surface area (Å²) in [6.07, 6.45) is 5.98. The van der Waals surface area contributed by atoms with Crippen molar-refractivity contribution in [3.8, 4) is 16.9 Å². The Kier molecular flexibility index (Phi) is 9.73. The van der Waals surface area contributed by atoms with Crippen LogP contribution < -0.4 is 10.5 Å². The molecule has 3 N–H and O–H groups in total. The first-order chi connectivity index (χ1) is 22.9. The third-order valence-corrected chi connectivity index (χ3v) is 12.6. The van der Waals surface area contributed by atoms with Crippen LogP contribution in [-0.4, -0.2) is 49.3 Å². The number of carbonyl (C=O) groups is 1. The lowest BCUT2D eigenvalue weighted by atomic mass is 9.97. The summed E-state index contributed by atoms with van der Waals surface area (Å²) >= 11 is 12.5. The first-order valence-electron chi connectivity index (χ1n) is 16.0. The van der Waals surface area contributed by atoms with Gasteiger partial charge in [0, 0.05) is 68.7 Å². The number of nitrogens with zero attached hydrogens (tertiary/aromatic N) is 3. The molecule has 0 saturated heterocycles.